The number of aliphatic hydroxyl groups is 1. The number of nitrogens with zero attached hydrogens (tertiary/aromatic N) is 1. The highest BCUT2D eigenvalue weighted by Gasteiger charge is 2.31. The number of morpholine rings is 1. The van der Waals surface area contributed by atoms with Gasteiger partial charge in [0.05, 0.1) is 13.2 Å². The molecule has 1 N–H and O–H groups in total. The van der Waals surface area contributed by atoms with Crippen LogP contribution in [-0.4, -0.2) is 54.6 Å². The summed E-state index contributed by atoms with van der Waals surface area (Å²) in [7, 11) is 0. The minimum Gasteiger partial charge on any atom is -0.491 e. The Morgan fingerprint density at radius 1 is 1.30 bits per heavy atom. The molecule has 1 aromatic rings. The molecule has 1 aliphatic heterocycles. The van der Waals surface area contributed by atoms with Gasteiger partial charge in [-0.1, -0.05) is 25.5 Å². The van der Waals surface area contributed by atoms with Gasteiger partial charge in [0.2, 0.25) is 0 Å². The Morgan fingerprint density at radius 3 is 2.61 bits per heavy atom. The number of hydrogen-bond donors (Lipinski definition) is 1. The zero-order valence-corrected chi connectivity index (χ0v) is 15.3. The molecule has 4 nitrogen and oxygen atoms in total. The molecule has 0 amide bonds. The van der Waals surface area contributed by atoms with Gasteiger partial charge in [0.25, 0.3) is 0 Å². The molecule has 2 rings (SSSR count). The van der Waals surface area contributed by atoms with Crippen molar-refractivity contribution in [1.29, 1.82) is 0 Å². The van der Waals surface area contributed by atoms with Crippen molar-refractivity contribution < 1.29 is 14.6 Å². The molecule has 0 bridgehead atoms. The average Bonchev–Trinajstić information content (AvgIpc) is 2.49. The van der Waals surface area contributed by atoms with Gasteiger partial charge in [0, 0.05) is 18.6 Å². The molecule has 0 radical (unpaired) electrons. The fourth-order valence-corrected chi connectivity index (χ4v) is 2.77. The number of rotatable bonds is 7. The van der Waals surface area contributed by atoms with Crippen LogP contribution in [0.2, 0.25) is 0 Å². The van der Waals surface area contributed by atoms with Gasteiger partial charge < -0.3 is 14.6 Å². The van der Waals surface area contributed by atoms with E-state index in [2.05, 4.69) is 37.8 Å². The van der Waals surface area contributed by atoms with Gasteiger partial charge in [-0.3, -0.25) is 4.90 Å². The summed E-state index contributed by atoms with van der Waals surface area (Å²) in [6, 6.07) is 8.15. The summed E-state index contributed by atoms with van der Waals surface area (Å²) >= 11 is 0. The van der Waals surface area contributed by atoms with E-state index in [1.165, 1.54) is 5.56 Å². The number of ether oxygens (including phenoxy) is 2. The highest BCUT2D eigenvalue weighted by Crippen LogP contribution is 2.19. The molecular formula is C18H30ClNO3. The normalized spacial score (nSPS) is 19.0. The summed E-state index contributed by atoms with van der Waals surface area (Å²) in [5.41, 5.74) is 1.30. The first kappa shape index (κ1) is 20.2. The Bertz CT molecular complexity index is 450. The fourth-order valence-electron chi connectivity index (χ4n) is 2.77. The van der Waals surface area contributed by atoms with Crippen molar-refractivity contribution in [2.45, 2.75) is 45.3 Å². The third kappa shape index (κ3) is 6.30. The third-order valence-corrected chi connectivity index (χ3v) is 4.15. The quantitative estimate of drug-likeness (QED) is 0.826. The van der Waals surface area contributed by atoms with Crippen LogP contribution in [0.1, 0.15) is 32.8 Å². The predicted molar refractivity (Wildman–Crippen MR) is 95.7 cm³/mol. The van der Waals surface area contributed by atoms with E-state index in [-0.39, 0.29) is 17.9 Å². The molecule has 1 unspecified atom stereocenters. The molecule has 1 aromatic carbocycles. The van der Waals surface area contributed by atoms with Gasteiger partial charge >= 0.3 is 0 Å². The number of halogens is 1. The lowest BCUT2D eigenvalue weighted by atomic mass is 10.0. The lowest BCUT2D eigenvalue weighted by Crippen LogP contribution is -2.55. The first-order valence-corrected chi connectivity index (χ1v) is 8.24. The molecule has 1 heterocycles. The SMILES string of the molecule is CCCc1ccc(OCC(O)CN2CCOCC2(C)C)cc1.Cl. The van der Waals surface area contributed by atoms with Crippen molar-refractivity contribution >= 4 is 12.4 Å². The molecule has 0 spiro atoms. The Hall–Kier alpha value is -0.810. The van der Waals surface area contributed by atoms with Gasteiger partial charge in [-0.15, -0.1) is 12.4 Å². The number of aliphatic hydroxyl groups excluding tert-OH is 1. The van der Waals surface area contributed by atoms with E-state index < -0.39 is 6.10 Å². The molecule has 1 aliphatic rings. The van der Waals surface area contributed by atoms with Crippen LogP contribution >= 0.6 is 12.4 Å². The lowest BCUT2D eigenvalue weighted by molar-refractivity contribution is -0.0703. The second-order valence-electron chi connectivity index (χ2n) is 6.67. The first-order chi connectivity index (χ1) is 10.5. The molecule has 1 atom stereocenters. The second-order valence-corrected chi connectivity index (χ2v) is 6.67. The largest absolute Gasteiger partial charge is 0.491 e. The average molecular weight is 344 g/mol. The van der Waals surface area contributed by atoms with Crippen molar-refractivity contribution in [3.05, 3.63) is 29.8 Å². The molecule has 23 heavy (non-hydrogen) atoms. The van der Waals surface area contributed by atoms with E-state index in [0.29, 0.717) is 19.8 Å². The van der Waals surface area contributed by atoms with Crippen LogP contribution in [0.4, 0.5) is 0 Å². The van der Waals surface area contributed by atoms with Crippen molar-refractivity contribution in [2.75, 3.05) is 32.9 Å². The van der Waals surface area contributed by atoms with E-state index >= 15 is 0 Å². The van der Waals surface area contributed by atoms with E-state index in [4.69, 9.17) is 9.47 Å². The summed E-state index contributed by atoms with van der Waals surface area (Å²) < 4.78 is 11.2. The van der Waals surface area contributed by atoms with Crippen LogP contribution in [0.25, 0.3) is 0 Å². The molecule has 1 fully saturated rings. The number of benzene rings is 1. The van der Waals surface area contributed by atoms with Gasteiger partial charge in [-0.25, -0.2) is 0 Å². The summed E-state index contributed by atoms with van der Waals surface area (Å²) in [4.78, 5) is 2.27. The minimum atomic E-state index is -0.493. The topological polar surface area (TPSA) is 41.9 Å². The number of β-amino-alcohol motifs (C(OH)–C–C–N with tert-alkyl or cyclic N) is 1. The zero-order chi connectivity index (χ0) is 16.0. The Kier molecular flexibility index (Phi) is 8.34. The maximum Gasteiger partial charge on any atom is 0.119 e. The summed E-state index contributed by atoms with van der Waals surface area (Å²) in [5, 5.41) is 10.2. The monoisotopic (exact) mass is 343 g/mol. The Morgan fingerprint density at radius 2 is 2.00 bits per heavy atom. The lowest BCUT2D eigenvalue weighted by Gasteiger charge is -2.42. The maximum absolute atomic E-state index is 10.2. The smallest absolute Gasteiger partial charge is 0.119 e. The van der Waals surface area contributed by atoms with Gasteiger partial charge in [-0.05, 0) is 38.0 Å². The Balaban J connectivity index is 0.00000264. The molecule has 132 valence electrons. The van der Waals surface area contributed by atoms with Crippen LogP contribution in [-0.2, 0) is 11.2 Å². The van der Waals surface area contributed by atoms with Crippen LogP contribution in [0.15, 0.2) is 24.3 Å². The van der Waals surface area contributed by atoms with E-state index in [9.17, 15) is 5.11 Å². The van der Waals surface area contributed by atoms with Gasteiger partial charge in [0.1, 0.15) is 18.5 Å². The number of aryl methyl sites for hydroxylation is 1. The van der Waals surface area contributed by atoms with Crippen LogP contribution < -0.4 is 4.74 Å². The van der Waals surface area contributed by atoms with Crippen LogP contribution in [0, 0.1) is 0 Å². The predicted octanol–water partition coefficient (Wildman–Crippen LogP) is 2.91. The second kappa shape index (κ2) is 9.48. The highest BCUT2D eigenvalue weighted by molar-refractivity contribution is 5.85. The van der Waals surface area contributed by atoms with Crippen LogP contribution in [0.5, 0.6) is 5.75 Å². The molecule has 5 heteroatoms. The summed E-state index contributed by atoms with van der Waals surface area (Å²) in [6.07, 6.45) is 1.75. The van der Waals surface area contributed by atoms with Crippen molar-refractivity contribution in [1.82, 2.24) is 4.90 Å². The van der Waals surface area contributed by atoms with Crippen LogP contribution in [0.3, 0.4) is 0 Å². The van der Waals surface area contributed by atoms with Gasteiger partial charge in [-0.2, -0.15) is 0 Å². The van der Waals surface area contributed by atoms with Gasteiger partial charge in [0.15, 0.2) is 0 Å². The molecule has 0 saturated carbocycles. The molecular weight excluding hydrogens is 314 g/mol. The van der Waals surface area contributed by atoms with Crippen molar-refractivity contribution in [2.24, 2.45) is 0 Å². The van der Waals surface area contributed by atoms with E-state index in [1.807, 2.05) is 12.1 Å². The standard InChI is InChI=1S/C18H29NO3.ClH/c1-4-5-15-6-8-17(9-7-15)22-13-16(20)12-19-10-11-21-14-18(19,2)3;/h6-9,16,20H,4-5,10-14H2,1-3H3;1H. The van der Waals surface area contributed by atoms with Crippen molar-refractivity contribution in [3.63, 3.8) is 0 Å². The minimum absolute atomic E-state index is 0. The molecule has 0 aromatic heterocycles. The Labute approximate surface area is 146 Å². The fraction of sp³-hybridized carbons (Fsp3) is 0.667. The molecule has 0 aliphatic carbocycles. The summed E-state index contributed by atoms with van der Waals surface area (Å²) in [6.45, 7) is 9.70. The number of hydrogen-bond acceptors (Lipinski definition) is 4. The van der Waals surface area contributed by atoms with Crippen molar-refractivity contribution in [3.8, 4) is 5.75 Å². The maximum atomic E-state index is 10.2. The van der Waals surface area contributed by atoms with E-state index in [0.717, 1.165) is 31.7 Å². The highest BCUT2D eigenvalue weighted by atomic mass is 35.5. The zero-order valence-electron chi connectivity index (χ0n) is 14.5. The molecule has 1 saturated heterocycles. The van der Waals surface area contributed by atoms with E-state index in [1.54, 1.807) is 0 Å². The summed E-state index contributed by atoms with van der Waals surface area (Å²) in [5.74, 6) is 0.820. The third-order valence-electron chi connectivity index (χ3n) is 4.15. The first-order valence-electron chi connectivity index (χ1n) is 8.24.